The average Bonchev–Trinajstić information content (AvgIpc) is 2.44. The van der Waals surface area contributed by atoms with E-state index >= 15 is 0 Å². The molecule has 0 aromatic heterocycles. The molecule has 2 rings (SSSR count). The van der Waals surface area contributed by atoms with Crippen molar-refractivity contribution in [1.29, 1.82) is 0 Å². The summed E-state index contributed by atoms with van der Waals surface area (Å²) in [5.41, 5.74) is 0.379. The number of benzene rings is 2. The predicted molar refractivity (Wildman–Crippen MR) is 78.9 cm³/mol. The fourth-order valence-corrected chi connectivity index (χ4v) is 2.99. The van der Waals surface area contributed by atoms with Crippen molar-refractivity contribution in [2.24, 2.45) is 0 Å². The van der Waals surface area contributed by atoms with Crippen LogP contribution in [0.25, 0.3) is 0 Å². The SMILES string of the molecule is O=C(CS(=O)Cc1ccc(Cl)cc1)c1cc(F)ccc1F. The summed E-state index contributed by atoms with van der Waals surface area (Å²) in [5, 5.41) is 0.558. The van der Waals surface area contributed by atoms with Gasteiger partial charge in [-0.05, 0) is 35.9 Å². The molecule has 0 fully saturated rings. The van der Waals surface area contributed by atoms with Gasteiger partial charge in [0.15, 0.2) is 5.78 Å². The van der Waals surface area contributed by atoms with Gasteiger partial charge in [-0.3, -0.25) is 9.00 Å². The molecule has 21 heavy (non-hydrogen) atoms. The molecule has 0 saturated carbocycles. The minimum atomic E-state index is -1.50. The summed E-state index contributed by atoms with van der Waals surface area (Å²) in [6.45, 7) is 0. The van der Waals surface area contributed by atoms with Crippen molar-refractivity contribution in [1.82, 2.24) is 0 Å². The topological polar surface area (TPSA) is 34.1 Å². The molecule has 0 N–H and O–H groups in total. The van der Waals surface area contributed by atoms with E-state index in [-0.39, 0.29) is 17.1 Å². The highest BCUT2D eigenvalue weighted by Gasteiger charge is 2.16. The van der Waals surface area contributed by atoms with Crippen molar-refractivity contribution in [3.63, 3.8) is 0 Å². The molecular weight excluding hydrogens is 318 g/mol. The van der Waals surface area contributed by atoms with Crippen LogP contribution in [0.1, 0.15) is 15.9 Å². The summed E-state index contributed by atoms with van der Waals surface area (Å²) >= 11 is 5.74. The van der Waals surface area contributed by atoms with Crippen molar-refractivity contribution in [2.75, 3.05) is 5.75 Å². The Hall–Kier alpha value is -1.59. The number of ketones is 1. The van der Waals surface area contributed by atoms with Crippen molar-refractivity contribution in [3.05, 3.63) is 70.2 Å². The highest BCUT2D eigenvalue weighted by molar-refractivity contribution is 7.85. The lowest BCUT2D eigenvalue weighted by Crippen LogP contribution is -2.14. The Kier molecular flexibility index (Phi) is 5.20. The van der Waals surface area contributed by atoms with Gasteiger partial charge < -0.3 is 0 Å². The fourth-order valence-electron chi connectivity index (χ4n) is 1.75. The molecule has 1 unspecified atom stereocenters. The van der Waals surface area contributed by atoms with Gasteiger partial charge in [0.1, 0.15) is 11.6 Å². The summed E-state index contributed by atoms with van der Waals surface area (Å²) < 4.78 is 38.4. The Morgan fingerprint density at radius 1 is 1.10 bits per heavy atom. The molecule has 1 atom stereocenters. The zero-order valence-corrected chi connectivity index (χ0v) is 12.4. The van der Waals surface area contributed by atoms with E-state index in [1.807, 2.05) is 0 Å². The second-order valence-corrected chi connectivity index (χ2v) is 6.30. The van der Waals surface area contributed by atoms with Crippen molar-refractivity contribution in [2.45, 2.75) is 5.75 Å². The Morgan fingerprint density at radius 2 is 1.76 bits per heavy atom. The molecule has 0 spiro atoms. The number of halogens is 3. The largest absolute Gasteiger partial charge is 0.293 e. The van der Waals surface area contributed by atoms with E-state index < -0.39 is 28.2 Å². The first-order valence-corrected chi connectivity index (χ1v) is 7.90. The molecule has 0 heterocycles. The smallest absolute Gasteiger partial charge is 0.178 e. The van der Waals surface area contributed by atoms with E-state index in [2.05, 4.69) is 0 Å². The average molecular weight is 329 g/mol. The third kappa shape index (κ3) is 4.44. The number of Topliss-reactive ketones (excluding diaryl/α,β-unsaturated/α-hetero) is 1. The van der Waals surface area contributed by atoms with Crippen molar-refractivity contribution < 1.29 is 17.8 Å². The third-order valence-corrected chi connectivity index (χ3v) is 4.25. The quantitative estimate of drug-likeness (QED) is 0.783. The minimum Gasteiger partial charge on any atom is -0.293 e. The van der Waals surface area contributed by atoms with Gasteiger partial charge in [0, 0.05) is 21.6 Å². The molecule has 2 aromatic carbocycles. The molecular formula is C15H11ClF2O2S. The highest BCUT2D eigenvalue weighted by atomic mass is 35.5. The Morgan fingerprint density at radius 3 is 2.43 bits per heavy atom. The molecule has 0 amide bonds. The van der Waals surface area contributed by atoms with Crippen LogP contribution in [-0.2, 0) is 16.6 Å². The lowest BCUT2D eigenvalue weighted by Gasteiger charge is -2.04. The molecule has 0 radical (unpaired) electrons. The molecule has 0 aliphatic carbocycles. The summed E-state index contributed by atoms with van der Waals surface area (Å²) in [6.07, 6.45) is 0. The van der Waals surface area contributed by atoms with Gasteiger partial charge in [-0.15, -0.1) is 0 Å². The zero-order valence-electron chi connectivity index (χ0n) is 10.8. The van der Waals surface area contributed by atoms with Gasteiger partial charge in [-0.2, -0.15) is 0 Å². The van der Waals surface area contributed by atoms with Crippen molar-refractivity contribution >= 4 is 28.2 Å². The van der Waals surface area contributed by atoms with Gasteiger partial charge in [0.25, 0.3) is 0 Å². The molecule has 110 valence electrons. The summed E-state index contributed by atoms with van der Waals surface area (Å²) in [7, 11) is -1.50. The van der Waals surface area contributed by atoms with Crippen LogP contribution in [0.2, 0.25) is 5.02 Å². The highest BCUT2D eigenvalue weighted by Crippen LogP contribution is 2.14. The second-order valence-electron chi connectivity index (χ2n) is 4.40. The van der Waals surface area contributed by atoms with Crippen LogP contribution in [-0.4, -0.2) is 15.7 Å². The Bertz CT molecular complexity index is 687. The van der Waals surface area contributed by atoms with Gasteiger partial charge in [0.05, 0.1) is 11.3 Å². The zero-order chi connectivity index (χ0) is 15.4. The first-order chi connectivity index (χ1) is 9.95. The normalized spacial score (nSPS) is 12.1. The van der Waals surface area contributed by atoms with Crippen LogP contribution < -0.4 is 0 Å². The monoisotopic (exact) mass is 328 g/mol. The van der Waals surface area contributed by atoms with Crippen LogP contribution in [0.3, 0.4) is 0 Å². The molecule has 6 heteroatoms. The molecule has 0 saturated heterocycles. The number of carbonyl (C=O) groups is 1. The Labute approximate surface area is 128 Å². The van der Waals surface area contributed by atoms with Crippen LogP contribution in [0, 0.1) is 11.6 Å². The summed E-state index contributed by atoms with van der Waals surface area (Å²) in [4.78, 5) is 11.9. The van der Waals surface area contributed by atoms with E-state index in [1.165, 1.54) is 0 Å². The maximum atomic E-state index is 13.4. The molecule has 2 nitrogen and oxygen atoms in total. The third-order valence-electron chi connectivity index (χ3n) is 2.76. The van der Waals surface area contributed by atoms with Crippen molar-refractivity contribution in [3.8, 4) is 0 Å². The van der Waals surface area contributed by atoms with Crippen LogP contribution in [0.5, 0.6) is 0 Å². The van der Waals surface area contributed by atoms with E-state index in [1.54, 1.807) is 24.3 Å². The molecule has 0 aliphatic rings. The van der Waals surface area contributed by atoms with Gasteiger partial charge >= 0.3 is 0 Å². The first-order valence-electron chi connectivity index (χ1n) is 6.03. The van der Waals surface area contributed by atoms with E-state index in [4.69, 9.17) is 11.6 Å². The second kappa shape index (κ2) is 6.91. The number of hydrogen-bond acceptors (Lipinski definition) is 2. The maximum absolute atomic E-state index is 13.4. The maximum Gasteiger partial charge on any atom is 0.178 e. The van der Waals surface area contributed by atoms with Crippen LogP contribution >= 0.6 is 11.6 Å². The van der Waals surface area contributed by atoms with Crippen LogP contribution in [0.15, 0.2) is 42.5 Å². The lowest BCUT2D eigenvalue weighted by atomic mass is 10.1. The fraction of sp³-hybridized carbons (Fsp3) is 0.133. The summed E-state index contributed by atoms with van der Waals surface area (Å²) in [6, 6.07) is 9.34. The standard InChI is InChI=1S/C15H11ClF2O2S/c16-11-3-1-10(2-4-11)8-21(20)9-15(19)13-7-12(17)5-6-14(13)18/h1-7H,8-9H2. The molecule has 0 bridgehead atoms. The number of hydrogen-bond donors (Lipinski definition) is 0. The van der Waals surface area contributed by atoms with E-state index in [0.717, 1.165) is 23.8 Å². The Balaban J connectivity index is 2.03. The molecule has 2 aromatic rings. The number of carbonyl (C=O) groups excluding carboxylic acids is 1. The molecule has 0 aliphatic heterocycles. The minimum absolute atomic E-state index is 0.153. The van der Waals surface area contributed by atoms with Gasteiger partial charge in [-0.1, -0.05) is 23.7 Å². The predicted octanol–water partition coefficient (Wildman–Crippen LogP) is 3.75. The van der Waals surface area contributed by atoms with Crippen LogP contribution in [0.4, 0.5) is 8.78 Å². The van der Waals surface area contributed by atoms with E-state index in [9.17, 15) is 17.8 Å². The number of rotatable bonds is 5. The lowest BCUT2D eigenvalue weighted by molar-refractivity contribution is 0.101. The van der Waals surface area contributed by atoms with E-state index in [0.29, 0.717) is 5.02 Å². The summed E-state index contributed by atoms with van der Waals surface area (Å²) in [5.74, 6) is -2.41. The van der Waals surface area contributed by atoms with Gasteiger partial charge in [0.2, 0.25) is 0 Å². The first kappa shape index (κ1) is 15.8. The van der Waals surface area contributed by atoms with Gasteiger partial charge in [-0.25, -0.2) is 8.78 Å².